The van der Waals surface area contributed by atoms with Crippen molar-refractivity contribution in [3.63, 3.8) is 0 Å². The Kier molecular flexibility index (Phi) is 9.60. The Bertz CT molecular complexity index is 1370. The molecule has 0 saturated carbocycles. The van der Waals surface area contributed by atoms with Crippen molar-refractivity contribution in [1.29, 1.82) is 0 Å². The second-order valence-electron chi connectivity index (χ2n) is 8.81. The number of alkyl halides is 3. The molecule has 0 spiro atoms. The van der Waals surface area contributed by atoms with Gasteiger partial charge >= 0.3 is 6.18 Å². The Morgan fingerprint density at radius 2 is 1.66 bits per heavy atom. The standard InChI is InChI=1S/C28H26ClF3N4O.ClH/c1-35(2)17-5-16-33-27(37)20-10-13-23(34-18-20)26-15-14-24(19-8-11-21(29)12-9-19)36(26)25-7-4-3-6-22(25)28(30,31)32;/h3-4,6-15,18H,5,16-17H2,1-2H3,(H,33,37);1H. The normalized spacial score (nSPS) is 11.3. The molecular formula is C28H27Cl2F3N4O. The van der Waals surface area contributed by atoms with Gasteiger partial charge in [-0.2, -0.15) is 13.2 Å². The summed E-state index contributed by atoms with van der Waals surface area (Å²) in [6.07, 6.45) is -2.31. The van der Waals surface area contributed by atoms with Crippen LogP contribution in [0, 0.1) is 0 Å². The number of amides is 1. The molecular weight excluding hydrogens is 536 g/mol. The van der Waals surface area contributed by atoms with Gasteiger partial charge in [0, 0.05) is 17.8 Å². The third kappa shape index (κ3) is 6.75. The fourth-order valence-electron chi connectivity index (χ4n) is 4.03. The van der Waals surface area contributed by atoms with Gasteiger partial charge in [0.2, 0.25) is 0 Å². The van der Waals surface area contributed by atoms with Gasteiger partial charge in [0.1, 0.15) is 0 Å². The minimum atomic E-state index is -4.56. The number of pyridine rings is 1. The minimum absolute atomic E-state index is 0. The highest BCUT2D eigenvalue weighted by molar-refractivity contribution is 6.30. The van der Waals surface area contributed by atoms with Gasteiger partial charge < -0.3 is 14.8 Å². The number of carbonyl (C=O) groups excluding carboxylic acids is 1. The second-order valence-corrected chi connectivity index (χ2v) is 9.24. The van der Waals surface area contributed by atoms with Crippen LogP contribution in [-0.4, -0.2) is 47.5 Å². The lowest BCUT2D eigenvalue weighted by atomic mass is 10.1. The topological polar surface area (TPSA) is 50.2 Å². The van der Waals surface area contributed by atoms with Crippen LogP contribution in [0.5, 0.6) is 0 Å². The molecule has 0 bridgehead atoms. The van der Waals surface area contributed by atoms with E-state index in [1.54, 1.807) is 54.6 Å². The highest BCUT2D eigenvalue weighted by Gasteiger charge is 2.34. The molecule has 200 valence electrons. The summed E-state index contributed by atoms with van der Waals surface area (Å²) in [5.74, 6) is -0.252. The Hall–Kier alpha value is -3.33. The van der Waals surface area contributed by atoms with E-state index in [0.29, 0.717) is 39.8 Å². The van der Waals surface area contributed by atoms with Crippen molar-refractivity contribution in [2.45, 2.75) is 12.6 Å². The summed E-state index contributed by atoms with van der Waals surface area (Å²) in [6.45, 7) is 1.38. The molecule has 0 radical (unpaired) electrons. The van der Waals surface area contributed by atoms with Gasteiger partial charge in [-0.1, -0.05) is 35.9 Å². The van der Waals surface area contributed by atoms with Crippen molar-refractivity contribution in [2.24, 2.45) is 0 Å². The Labute approximate surface area is 230 Å². The quantitative estimate of drug-likeness (QED) is 0.236. The number of carbonyl (C=O) groups is 1. The molecule has 1 amide bonds. The third-order valence-electron chi connectivity index (χ3n) is 5.83. The van der Waals surface area contributed by atoms with E-state index in [1.165, 1.54) is 22.9 Å². The Morgan fingerprint density at radius 3 is 2.29 bits per heavy atom. The molecule has 0 saturated heterocycles. The molecule has 0 aliphatic heterocycles. The number of rotatable bonds is 8. The molecule has 0 fully saturated rings. The van der Waals surface area contributed by atoms with Crippen LogP contribution in [0.1, 0.15) is 22.3 Å². The van der Waals surface area contributed by atoms with E-state index in [-0.39, 0.29) is 24.0 Å². The van der Waals surface area contributed by atoms with E-state index in [1.807, 2.05) is 19.0 Å². The van der Waals surface area contributed by atoms with Crippen LogP contribution in [-0.2, 0) is 6.18 Å². The van der Waals surface area contributed by atoms with Crippen LogP contribution < -0.4 is 5.32 Å². The van der Waals surface area contributed by atoms with Crippen molar-refractivity contribution >= 4 is 29.9 Å². The van der Waals surface area contributed by atoms with Crippen LogP contribution in [0.25, 0.3) is 28.3 Å². The molecule has 0 aliphatic carbocycles. The monoisotopic (exact) mass is 562 g/mol. The highest BCUT2D eigenvalue weighted by atomic mass is 35.5. The summed E-state index contributed by atoms with van der Waals surface area (Å²) in [5.41, 5.74) is 1.72. The Morgan fingerprint density at radius 1 is 0.974 bits per heavy atom. The predicted octanol–water partition coefficient (Wildman–Crippen LogP) is 6.98. The number of benzene rings is 2. The second kappa shape index (κ2) is 12.5. The first-order valence-electron chi connectivity index (χ1n) is 11.7. The van der Waals surface area contributed by atoms with E-state index in [9.17, 15) is 18.0 Å². The molecule has 0 aliphatic rings. The SMILES string of the molecule is CN(C)CCCNC(=O)c1ccc(-c2ccc(-c3ccc(Cl)cc3)n2-c2ccccc2C(F)(F)F)nc1.Cl. The minimum Gasteiger partial charge on any atom is -0.352 e. The summed E-state index contributed by atoms with van der Waals surface area (Å²) >= 11 is 6.04. The first-order valence-corrected chi connectivity index (χ1v) is 12.1. The molecule has 0 atom stereocenters. The van der Waals surface area contributed by atoms with Crippen molar-refractivity contribution in [3.05, 3.63) is 95.1 Å². The van der Waals surface area contributed by atoms with E-state index >= 15 is 0 Å². The lowest BCUT2D eigenvalue weighted by Gasteiger charge is -2.19. The maximum atomic E-state index is 14.0. The smallest absolute Gasteiger partial charge is 0.352 e. The molecule has 10 heteroatoms. The van der Waals surface area contributed by atoms with Crippen LogP contribution in [0.3, 0.4) is 0 Å². The number of aromatic nitrogens is 2. The summed E-state index contributed by atoms with van der Waals surface area (Å²) < 4.78 is 43.5. The highest BCUT2D eigenvalue weighted by Crippen LogP contribution is 2.39. The van der Waals surface area contributed by atoms with Gasteiger partial charge in [-0.05, 0) is 81.2 Å². The zero-order valence-electron chi connectivity index (χ0n) is 20.8. The van der Waals surface area contributed by atoms with E-state index in [0.717, 1.165) is 19.0 Å². The maximum Gasteiger partial charge on any atom is 0.418 e. The summed E-state index contributed by atoms with van der Waals surface area (Å²) in [4.78, 5) is 19.0. The molecule has 1 N–H and O–H groups in total. The van der Waals surface area contributed by atoms with E-state index < -0.39 is 11.7 Å². The maximum absolute atomic E-state index is 14.0. The Balaban J connectivity index is 0.00000400. The van der Waals surface area contributed by atoms with Gasteiger partial charge in [0.25, 0.3) is 5.91 Å². The molecule has 38 heavy (non-hydrogen) atoms. The van der Waals surface area contributed by atoms with Crippen LogP contribution >= 0.6 is 24.0 Å². The molecule has 2 aromatic heterocycles. The molecule has 5 nitrogen and oxygen atoms in total. The average molecular weight is 563 g/mol. The van der Waals surface area contributed by atoms with Crippen molar-refractivity contribution in [3.8, 4) is 28.3 Å². The first kappa shape index (κ1) is 29.2. The van der Waals surface area contributed by atoms with Gasteiger partial charge in [-0.15, -0.1) is 12.4 Å². The van der Waals surface area contributed by atoms with Gasteiger partial charge in [0.15, 0.2) is 0 Å². The molecule has 4 rings (SSSR count). The van der Waals surface area contributed by atoms with Crippen LogP contribution in [0.15, 0.2) is 79.0 Å². The van der Waals surface area contributed by atoms with E-state index in [4.69, 9.17) is 11.6 Å². The van der Waals surface area contributed by atoms with E-state index in [2.05, 4.69) is 10.3 Å². The van der Waals surface area contributed by atoms with Gasteiger partial charge in [-0.3, -0.25) is 9.78 Å². The lowest BCUT2D eigenvalue weighted by Crippen LogP contribution is -2.27. The zero-order valence-corrected chi connectivity index (χ0v) is 22.4. The predicted molar refractivity (Wildman–Crippen MR) is 147 cm³/mol. The number of halogens is 5. The summed E-state index contributed by atoms with van der Waals surface area (Å²) in [6, 6.07) is 19.0. The van der Waals surface area contributed by atoms with Crippen molar-refractivity contribution in [1.82, 2.24) is 19.8 Å². The molecule has 2 heterocycles. The number of nitrogens with one attached hydrogen (secondary N) is 1. The van der Waals surface area contributed by atoms with Gasteiger partial charge in [0.05, 0.1) is 33.9 Å². The number of para-hydroxylation sites is 1. The largest absolute Gasteiger partial charge is 0.418 e. The van der Waals surface area contributed by atoms with Crippen LogP contribution in [0.2, 0.25) is 5.02 Å². The molecule has 0 unspecified atom stereocenters. The summed E-state index contributed by atoms with van der Waals surface area (Å²) in [7, 11) is 3.93. The van der Waals surface area contributed by atoms with Crippen molar-refractivity contribution in [2.75, 3.05) is 27.2 Å². The van der Waals surface area contributed by atoms with Crippen molar-refractivity contribution < 1.29 is 18.0 Å². The van der Waals surface area contributed by atoms with Gasteiger partial charge in [-0.25, -0.2) is 0 Å². The molecule has 2 aromatic carbocycles. The number of hydrogen-bond acceptors (Lipinski definition) is 3. The number of nitrogens with zero attached hydrogens (tertiary/aromatic N) is 3. The third-order valence-corrected chi connectivity index (χ3v) is 6.08. The lowest BCUT2D eigenvalue weighted by molar-refractivity contribution is -0.137. The first-order chi connectivity index (χ1) is 17.6. The zero-order chi connectivity index (χ0) is 26.6. The fraction of sp³-hybridized carbons (Fsp3) is 0.214. The fourth-order valence-corrected chi connectivity index (χ4v) is 4.16. The average Bonchev–Trinajstić information content (AvgIpc) is 3.31. The number of hydrogen-bond donors (Lipinski definition) is 1. The van der Waals surface area contributed by atoms with Crippen LogP contribution in [0.4, 0.5) is 13.2 Å². The summed E-state index contributed by atoms with van der Waals surface area (Å²) in [5, 5.41) is 3.38. The molecule has 4 aromatic rings.